The molecule has 1 aliphatic rings. The lowest BCUT2D eigenvalue weighted by molar-refractivity contribution is 0.0542. The van der Waals surface area contributed by atoms with Crippen LogP contribution in [0.15, 0.2) is 47.4 Å². The summed E-state index contributed by atoms with van der Waals surface area (Å²) in [6, 6.07) is 10.5. The van der Waals surface area contributed by atoms with E-state index in [1.54, 1.807) is 29.9 Å². The van der Waals surface area contributed by atoms with Crippen LogP contribution in [0, 0.1) is 0 Å². The molecule has 1 unspecified atom stereocenters. The van der Waals surface area contributed by atoms with Crippen molar-refractivity contribution in [3.05, 3.63) is 64.1 Å². The molecule has 3 rings (SSSR count). The van der Waals surface area contributed by atoms with E-state index in [2.05, 4.69) is 0 Å². The molecule has 2 aromatic rings. The highest BCUT2D eigenvalue weighted by molar-refractivity contribution is 5.96. The molecular formula is C18H21N3O4. The molecule has 2 heterocycles. The van der Waals surface area contributed by atoms with Gasteiger partial charge in [0.05, 0.1) is 12.6 Å². The van der Waals surface area contributed by atoms with Crippen molar-refractivity contribution in [2.45, 2.75) is 19.6 Å². The summed E-state index contributed by atoms with van der Waals surface area (Å²) in [5.41, 5.74) is 0.738. The van der Waals surface area contributed by atoms with Crippen LogP contribution >= 0.6 is 0 Å². The third kappa shape index (κ3) is 3.23. The van der Waals surface area contributed by atoms with Gasteiger partial charge in [0.2, 0.25) is 5.43 Å². The Balaban J connectivity index is 1.99. The van der Waals surface area contributed by atoms with Crippen LogP contribution in [-0.2, 0) is 6.61 Å². The summed E-state index contributed by atoms with van der Waals surface area (Å²) in [6.07, 6.45) is 1.56. The Bertz CT molecular complexity index is 819. The first kappa shape index (κ1) is 17.0. The van der Waals surface area contributed by atoms with Crippen molar-refractivity contribution in [3.8, 4) is 5.75 Å². The van der Waals surface area contributed by atoms with E-state index in [0.717, 1.165) is 5.56 Å². The van der Waals surface area contributed by atoms with Crippen LogP contribution in [0.3, 0.4) is 0 Å². The lowest BCUT2D eigenvalue weighted by atomic mass is 10.2. The van der Waals surface area contributed by atoms with E-state index < -0.39 is 0 Å². The molecule has 25 heavy (non-hydrogen) atoms. The molecule has 7 nitrogen and oxygen atoms in total. The minimum atomic E-state index is -0.360. The predicted molar refractivity (Wildman–Crippen MR) is 93.2 cm³/mol. The first-order valence-electron chi connectivity index (χ1n) is 8.08. The van der Waals surface area contributed by atoms with E-state index in [9.17, 15) is 14.7 Å². The number of hydrogen-bond donors (Lipinski definition) is 1. The van der Waals surface area contributed by atoms with Gasteiger partial charge >= 0.3 is 0 Å². The van der Waals surface area contributed by atoms with Crippen LogP contribution in [0.25, 0.3) is 0 Å². The molecule has 132 valence electrons. The number of ether oxygens (including phenoxy) is 1. The number of amides is 1. The Morgan fingerprint density at radius 3 is 2.60 bits per heavy atom. The molecule has 7 heteroatoms. The predicted octanol–water partition coefficient (Wildman–Crippen LogP) is 0.789. The van der Waals surface area contributed by atoms with Gasteiger partial charge < -0.3 is 14.7 Å². The summed E-state index contributed by atoms with van der Waals surface area (Å²) in [6.45, 7) is 2.11. The molecule has 1 atom stereocenters. The molecule has 0 saturated heterocycles. The van der Waals surface area contributed by atoms with E-state index in [0.29, 0.717) is 6.67 Å². The number of aromatic nitrogens is 1. The molecule has 0 fully saturated rings. The van der Waals surface area contributed by atoms with Crippen LogP contribution in [0.2, 0.25) is 0 Å². The number of benzene rings is 1. The van der Waals surface area contributed by atoms with E-state index in [4.69, 9.17) is 4.74 Å². The maximum atomic E-state index is 12.9. The van der Waals surface area contributed by atoms with Gasteiger partial charge in [-0.2, -0.15) is 0 Å². The normalized spacial score (nSPS) is 15.1. The van der Waals surface area contributed by atoms with Gasteiger partial charge in [-0.3, -0.25) is 19.3 Å². The van der Waals surface area contributed by atoms with E-state index in [-0.39, 0.29) is 42.0 Å². The summed E-state index contributed by atoms with van der Waals surface area (Å²) in [4.78, 5) is 26.7. The number of carbonyl (C=O) groups excluding carboxylic acids is 1. The number of carbonyl (C=O) groups is 1. The molecule has 0 aliphatic carbocycles. The Hall–Kier alpha value is -2.80. The fourth-order valence-electron chi connectivity index (χ4n) is 2.79. The van der Waals surface area contributed by atoms with Gasteiger partial charge in [-0.05, 0) is 12.5 Å². The molecule has 1 aromatic carbocycles. The standard InChI is InChI=1S/C18H21N3O4/c1-13(10-22)20-12-19(2)21-9-8-15(23)17(16(21)18(20)24)25-11-14-6-4-3-5-7-14/h3-9,13,22H,10-12H2,1-2H3. The van der Waals surface area contributed by atoms with Crippen LogP contribution in [0.5, 0.6) is 5.75 Å². The fourth-order valence-corrected chi connectivity index (χ4v) is 2.79. The van der Waals surface area contributed by atoms with Crippen molar-refractivity contribution < 1.29 is 14.6 Å². The van der Waals surface area contributed by atoms with Crippen molar-refractivity contribution in [2.24, 2.45) is 0 Å². The van der Waals surface area contributed by atoms with Crippen molar-refractivity contribution in [2.75, 3.05) is 25.3 Å². The lowest BCUT2D eigenvalue weighted by Crippen LogP contribution is -2.56. The Morgan fingerprint density at radius 1 is 1.20 bits per heavy atom. The topological polar surface area (TPSA) is 75.0 Å². The second-order valence-corrected chi connectivity index (χ2v) is 6.08. The van der Waals surface area contributed by atoms with Gasteiger partial charge in [-0.1, -0.05) is 30.3 Å². The van der Waals surface area contributed by atoms with Gasteiger partial charge in [0.25, 0.3) is 5.91 Å². The van der Waals surface area contributed by atoms with Gasteiger partial charge in [-0.15, -0.1) is 0 Å². The molecule has 0 spiro atoms. The van der Waals surface area contributed by atoms with Gasteiger partial charge in [0, 0.05) is 19.3 Å². The van der Waals surface area contributed by atoms with Crippen LogP contribution in [-0.4, -0.2) is 47.0 Å². The van der Waals surface area contributed by atoms with Crippen LogP contribution < -0.4 is 15.2 Å². The number of aliphatic hydroxyl groups is 1. The monoisotopic (exact) mass is 343 g/mol. The van der Waals surface area contributed by atoms with Crippen molar-refractivity contribution in [1.29, 1.82) is 0 Å². The second-order valence-electron chi connectivity index (χ2n) is 6.08. The van der Waals surface area contributed by atoms with Gasteiger partial charge in [-0.25, -0.2) is 0 Å². The van der Waals surface area contributed by atoms with Crippen LogP contribution in [0.4, 0.5) is 0 Å². The Labute approximate surface area is 145 Å². The Kier molecular flexibility index (Phi) is 4.76. The zero-order valence-corrected chi connectivity index (χ0v) is 14.3. The molecule has 0 radical (unpaired) electrons. The minimum absolute atomic E-state index is 0.0260. The number of rotatable bonds is 5. The summed E-state index contributed by atoms with van der Waals surface area (Å²) < 4.78 is 7.35. The summed E-state index contributed by atoms with van der Waals surface area (Å²) in [5.74, 6) is -0.307. The van der Waals surface area contributed by atoms with Crippen molar-refractivity contribution in [3.63, 3.8) is 0 Å². The highest BCUT2D eigenvalue weighted by Crippen LogP contribution is 2.22. The molecule has 1 aliphatic heterocycles. The molecule has 1 aromatic heterocycles. The highest BCUT2D eigenvalue weighted by Gasteiger charge is 2.33. The molecule has 0 bridgehead atoms. The largest absolute Gasteiger partial charge is 0.482 e. The molecule has 1 amide bonds. The number of hydrogen-bond acceptors (Lipinski definition) is 5. The first-order chi connectivity index (χ1) is 12.0. The smallest absolute Gasteiger partial charge is 0.278 e. The number of fused-ring (bicyclic) bond motifs is 1. The minimum Gasteiger partial charge on any atom is -0.482 e. The average molecular weight is 343 g/mol. The van der Waals surface area contributed by atoms with Crippen LogP contribution in [0.1, 0.15) is 23.0 Å². The van der Waals surface area contributed by atoms with Gasteiger partial charge in [0.15, 0.2) is 11.4 Å². The van der Waals surface area contributed by atoms with Crippen molar-refractivity contribution in [1.82, 2.24) is 9.58 Å². The van der Waals surface area contributed by atoms with Gasteiger partial charge in [0.1, 0.15) is 13.3 Å². The maximum absolute atomic E-state index is 12.9. The number of aliphatic hydroxyl groups excluding tert-OH is 1. The average Bonchev–Trinajstić information content (AvgIpc) is 2.63. The fraction of sp³-hybridized carbons (Fsp3) is 0.333. The van der Waals surface area contributed by atoms with E-state index >= 15 is 0 Å². The quantitative estimate of drug-likeness (QED) is 0.869. The third-order valence-corrected chi connectivity index (χ3v) is 4.25. The summed E-state index contributed by atoms with van der Waals surface area (Å²) in [5, 5.41) is 11.2. The van der Waals surface area contributed by atoms with E-state index in [1.165, 1.54) is 11.0 Å². The first-order valence-corrected chi connectivity index (χ1v) is 8.08. The van der Waals surface area contributed by atoms with E-state index in [1.807, 2.05) is 30.3 Å². The maximum Gasteiger partial charge on any atom is 0.278 e. The Morgan fingerprint density at radius 2 is 1.92 bits per heavy atom. The zero-order valence-electron chi connectivity index (χ0n) is 14.3. The molecule has 1 N–H and O–H groups in total. The SMILES string of the molecule is CC(CO)N1CN(C)n2ccc(=O)c(OCc3ccccc3)c2C1=O. The van der Waals surface area contributed by atoms with Crippen molar-refractivity contribution >= 4 is 5.91 Å². The summed E-state index contributed by atoms with van der Waals surface area (Å²) in [7, 11) is 1.80. The molecular weight excluding hydrogens is 322 g/mol. The second kappa shape index (κ2) is 6.98. The molecule has 0 saturated carbocycles. The lowest BCUT2D eigenvalue weighted by Gasteiger charge is -2.40. The summed E-state index contributed by atoms with van der Waals surface area (Å²) >= 11 is 0. The zero-order chi connectivity index (χ0) is 18.0. The third-order valence-electron chi connectivity index (χ3n) is 4.25. The number of nitrogens with zero attached hydrogens (tertiary/aromatic N) is 3. The highest BCUT2D eigenvalue weighted by atomic mass is 16.5. The number of pyridine rings is 1.